The number of anilines is 1. The maximum atomic E-state index is 13.9. The molecule has 1 aliphatic rings. The van der Waals surface area contributed by atoms with E-state index >= 15 is 0 Å². The average molecular weight is 400 g/mol. The minimum absolute atomic E-state index is 0.152. The number of rotatable bonds is 4. The Kier molecular flexibility index (Phi) is 4.57. The molecule has 0 radical (unpaired) electrons. The van der Waals surface area contributed by atoms with Crippen LogP contribution in [0.5, 0.6) is 0 Å². The zero-order chi connectivity index (χ0) is 20.9. The summed E-state index contributed by atoms with van der Waals surface area (Å²) in [5, 5.41) is 3.44. The summed E-state index contributed by atoms with van der Waals surface area (Å²) < 4.78 is 29.8. The molecule has 3 heterocycles. The Labute approximate surface area is 166 Å². The van der Waals surface area contributed by atoms with Crippen LogP contribution in [0.25, 0.3) is 22.2 Å². The third-order valence-electron chi connectivity index (χ3n) is 5.09. The molecule has 0 aliphatic heterocycles. The van der Waals surface area contributed by atoms with Crippen molar-refractivity contribution in [3.8, 4) is 11.3 Å². The fourth-order valence-electron chi connectivity index (χ4n) is 3.66. The number of nitrogens with zero attached hydrogens (tertiary/aromatic N) is 4. The summed E-state index contributed by atoms with van der Waals surface area (Å²) in [7, 11) is 0. The highest BCUT2D eigenvalue weighted by atomic mass is 19.3. The number of amides is 1. The molecule has 29 heavy (non-hydrogen) atoms. The van der Waals surface area contributed by atoms with Gasteiger partial charge in [-0.2, -0.15) is 8.78 Å². The van der Waals surface area contributed by atoms with E-state index in [1.54, 1.807) is 25.3 Å². The predicted molar refractivity (Wildman–Crippen MR) is 106 cm³/mol. The molecular weight excluding hydrogens is 378 g/mol. The molecule has 0 unspecified atom stereocenters. The Balaban J connectivity index is 1.91. The van der Waals surface area contributed by atoms with E-state index in [4.69, 9.17) is 5.73 Å². The van der Waals surface area contributed by atoms with Gasteiger partial charge in [-0.3, -0.25) is 4.79 Å². The van der Waals surface area contributed by atoms with Gasteiger partial charge in [-0.25, -0.2) is 15.0 Å². The number of carbonyl (C=O) groups is 1. The number of halogens is 2. The molecule has 3 aromatic rings. The lowest BCUT2D eigenvalue weighted by molar-refractivity contribution is -0.114. The van der Waals surface area contributed by atoms with E-state index in [2.05, 4.69) is 24.8 Å². The first-order valence-corrected chi connectivity index (χ1v) is 9.40. The van der Waals surface area contributed by atoms with Crippen LogP contribution in [0.1, 0.15) is 44.2 Å². The minimum Gasteiger partial charge on any atom is -0.342 e. The van der Waals surface area contributed by atoms with Crippen LogP contribution in [-0.2, 0) is 10.7 Å². The number of nitrogens with two attached hydrogens (primary N) is 1. The number of hydrogen-bond donors (Lipinski definition) is 2. The molecule has 0 aromatic carbocycles. The number of hydrogen-bond acceptors (Lipinski definition) is 5. The van der Waals surface area contributed by atoms with E-state index in [9.17, 15) is 13.6 Å². The number of nitrogens with one attached hydrogen (secondary N) is 1. The van der Waals surface area contributed by atoms with Crippen molar-refractivity contribution >= 4 is 22.6 Å². The van der Waals surface area contributed by atoms with Crippen LogP contribution < -0.4 is 11.1 Å². The van der Waals surface area contributed by atoms with Crippen molar-refractivity contribution < 1.29 is 13.6 Å². The van der Waals surface area contributed by atoms with Crippen molar-refractivity contribution in [2.75, 3.05) is 5.32 Å². The summed E-state index contributed by atoms with van der Waals surface area (Å²) in [5.74, 6) is -3.52. The molecule has 3 aromatic heterocycles. The van der Waals surface area contributed by atoms with Gasteiger partial charge in [-0.05, 0) is 31.9 Å². The van der Waals surface area contributed by atoms with Gasteiger partial charge in [-0.1, -0.05) is 0 Å². The maximum Gasteiger partial charge on any atom is 0.303 e. The molecule has 1 fully saturated rings. The van der Waals surface area contributed by atoms with E-state index < -0.39 is 11.7 Å². The first-order valence-electron chi connectivity index (χ1n) is 9.40. The number of fused-ring (bicyclic) bond motifs is 1. The number of aryl methyl sites for hydroxylation is 1. The van der Waals surface area contributed by atoms with E-state index in [1.165, 1.54) is 6.92 Å². The molecule has 1 aliphatic carbocycles. The number of alkyl halides is 2. The standard InChI is InChI=1S/C20H22F2N6O/c1-10-4-16(27-19(25-10)20(3,21)22)15-9-28(13-5-12(23)6-13)17-8-24-18(7-14(15)17)26-11(2)29/h4,7-9,12-13H,5-6,23H2,1-3H3,(H,24,26,29). The van der Waals surface area contributed by atoms with E-state index in [0.717, 1.165) is 30.7 Å². The fraction of sp³-hybridized carbons (Fsp3) is 0.400. The smallest absolute Gasteiger partial charge is 0.303 e. The second kappa shape index (κ2) is 6.84. The number of aromatic nitrogens is 4. The summed E-state index contributed by atoms with van der Waals surface area (Å²) in [6.07, 6.45) is 5.24. The number of carbonyl (C=O) groups excluding carboxylic acids is 1. The normalized spacial score (nSPS) is 19.2. The van der Waals surface area contributed by atoms with Crippen LogP contribution in [0, 0.1) is 6.92 Å². The van der Waals surface area contributed by atoms with Gasteiger partial charge in [0.1, 0.15) is 5.82 Å². The molecule has 1 saturated carbocycles. The zero-order valence-corrected chi connectivity index (χ0v) is 16.4. The lowest BCUT2D eigenvalue weighted by atomic mass is 9.87. The van der Waals surface area contributed by atoms with Crippen LogP contribution in [0.4, 0.5) is 14.6 Å². The third kappa shape index (κ3) is 3.69. The quantitative estimate of drug-likeness (QED) is 0.698. The molecule has 0 atom stereocenters. The van der Waals surface area contributed by atoms with Crippen LogP contribution >= 0.6 is 0 Å². The van der Waals surface area contributed by atoms with E-state index in [1.807, 2.05) is 6.20 Å². The largest absolute Gasteiger partial charge is 0.342 e. The molecule has 152 valence electrons. The van der Waals surface area contributed by atoms with Crippen LogP contribution in [-0.4, -0.2) is 31.5 Å². The molecular formula is C20H22F2N6O. The third-order valence-corrected chi connectivity index (χ3v) is 5.09. The van der Waals surface area contributed by atoms with Crippen molar-refractivity contribution in [1.29, 1.82) is 0 Å². The first-order chi connectivity index (χ1) is 13.6. The topological polar surface area (TPSA) is 98.7 Å². The predicted octanol–water partition coefficient (Wildman–Crippen LogP) is 3.53. The van der Waals surface area contributed by atoms with Gasteiger partial charge in [0.05, 0.1) is 17.4 Å². The van der Waals surface area contributed by atoms with Gasteiger partial charge in [-0.15, -0.1) is 0 Å². The van der Waals surface area contributed by atoms with E-state index in [0.29, 0.717) is 22.8 Å². The second-order valence-corrected chi connectivity index (χ2v) is 7.71. The fourth-order valence-corrected chi connectivity index (χ4v) is 3.66. The minimum atomic E-state index is -3.15. The summed E-state index contributed by atoms with van der Waals surface area (Å²) in [6, 6.07) is 3.78. The molecule has 0 saturated heterocycles. The van der Waals surface area contributed by atoms with E-state index in [-0.39, 0.29) is 18.0 Å². The zero-order valence-electron chi connectivity index (χ0n) is 16.4. The molecule has 0 bridgehead atoms. The van der Waals surface area contributed by atoms with Crippen molar-refractivity contribution in [2.24, 2.45) is 5.73 Å². The Morgan fingerprint density at radius 3 is 2.66 bits per heavy atom. The van der Waals surface area contributed by atoms with Crippen molar-refractivity contribution in [2.45, 2.75) is 51.6 Å². The van der Waals surface area contributed by atoms with Gasteiger partial charge in [0.15, 0.2) is 5.82 Å². The molecule has 9 heteroatoms. The summed E-state index contributed by atoms with van der Waals surface area (Å²) >= 11 is 0. The molecule has 7 nitrogen and oxygen atoms in total. The van der Waals surface area contributed by atoms with Gasteiger partial charge in [0.25, 0.3) is 0 Å². The second-order valence-electron chi connectivity index (χ2n) is 7.71. The Morgan fingerprint density at radius 2 is 2.03 bits per heavy atom. The maximum absolute atomic E-state index is 13.9. The molecule has 3 N–H and O–H groups in total. The monoisotopic (exact) mass is 400 g/mol. The summed E-state index contributed by atoms with van der Waals surface area (Å²) in [5.41, 5.74) is 8.34. The van der Waals surface area contributed by atoms with Crippen LogP contribution in [0.2, 0.25) is 0 Å². The lowest BCUT2D eigenvalue weighted by Gasteiger charge is -2.34. The highest BCUT2D eigenvalue weighted by molar-refractivity contribution is 5.98. The lowest BCUT2D eigenvalue weighted by Crippen LogP contribution is -2.37. The average Bonchev–Trinajstić information content (AvgIpc) is 2.95. The Bertz CT molecular complexity index is 1100. The SMILES string of the molecule is CC(=O)Nc1cc2c(-c3cc(C)nc(C(C)(F)F)n3)cn(C3CC(N)C3)c2cn1. The van der Waals surface area contributed by atoms with Gasteiger partial charge in [0.2, 0.25) is 5.91 Å². The highest BCUT2D eigenvalue weighted by Crippen LogP contribution is 2.39. The molecule has 0 spiro atoms. The summed E-state index contributed by atoms with van der Waals surface area (Å²) in [4.78, 5) is 23.8. The molecule has 4 rings (SSSR count). The van der Waals surface area contributed by atoms with Gasteiger partial charge >= 0.3 is 5.92 Å². The van der Waals surface area contributed by atoms with Gasteiger partial charge in [0, 0.05) is 48.8 Å². The molecule has 1 amide bonds. The van der Waals surface area contributed by atoms with Crippen molar-refractivity contribution in [3.63, 3.8) is 0 Å². The van der Waals surface area contributed by atoms with Gasteiger partial charge < -0.3 is 15.6 Å². The van der Waals surface area contributed by atoms with Crippen LogP contribution in [0.15, 0.2) is 24.5 Å². The van der Waals surface area contributed by atoms with Crippen LogP contribution in [0.3, 0.4) is 0 Å². The van der Waals surface area contributed by atoms with Crippen molar-refractivity contribution in [1.82, 2.24) is 19.5 Å². The Hall–Kier alpha value is -2.94. The summed E-state index contributed by atoms with van der Waals surface area (Å²) in [6.45, 7) is 3.84. The number of pyridine rings is 1. The Morgan fingerprint density at radius 1 is 1.31 bits per heavy atom. The first kappa shape index (κ1) is 19.4. The van der Waals surface area contributed by atoms with Crippen molar-refractivity contribution in [3.05, 3.63) is 36.0 Å². The highest BCUT2D eigenvalue weighted by Gasteiger charge is 2.31.